The van der Waals surface area contributed by atoms with Crippen molar-refractivity contribution in [3.05, 3.63) is 41.4 Å². The molecule has 0 saturated carbocycles. The molecule has 2 heterocycles. The molecule has 0 fully saturated rings. The summed E-state index contributed by atoms with van der Waals surface area (Å²) >= 11 is 1.38. The quantitative estimate of drug-likeness (QED) is 0.874. The number of nitrogens with one attached hydrogen (secondary N) is 1. The largest absolute Gasteiger partial charge is 0.454 e. The molecule has 0 bridgehead atoms. The summed E-state index contributed by atoms with van der Waals surface area (Å²) in [4.78, 5) is 15.6. The maximum absolute atomic E-state index is 11.6. The van der Waals surface area contributed by atoms with Crippen LogP contribution in [0.4, 0.5) is 5.13 Å². The van der Waals surface area contributed by atoms with E-state index in [0.29, 0.717) is 10.9 Å². The number of hydrogen-bond donors (Lipinski definition) is 1. The van der Waals surface area contributed by atoms with Gasteiger partial charge in [0.25, 0.3) is 0 Å². The van der Waals surface area contributed by atoms with Crippen LogP contribution in [0.3, 0.4) is 0 Å². The number of fused-ring (bicyclic) bond motifs is 1. The van der Waals surface area contributed by atoms with Crippen LogP contribution in [-0.2, 0) is 4.79 Å². The van der Waals surface area contributed by atoms with Crippen LogP contribution in [0.1, 0.15) is 5.56 Å². The van der Waals surface area contributed by atoms with Crippen molar-refractivity contribution in [3.63, 3.8) is 0 Å². The second-order valence-electron chi connectivity index (χ2n) is 3.77. The molecule has 19 heavy (non-hydrogen) atoms. The lowest BCUT2D eigenvalue weighted by molar-refractivity contribution is -0.111. The highest BCUT2D eigenvalue weighted by Crippen LogP contribution is 2.32. The third kappa shape index (κ3) is 2.74. The number of nitrogens with zero attached hydrogens (tertiary/aromatic N) is 1. The smallest absolute Gasteiger partial charge is 0.250 e. The summed E-state index contributed by atoms with van der Waals surface area (Å²) in [5.74, 6) is 1.21. The highest BCUT2D eigenvalue weighted by molar-refractivity contribution is 7.13. The van der Waals surface area contributed by atoms with Crippen LogP contribution in [0.5, 0.6) is 11.5 Å². The van der Waals surface area contributed by atoms with Crippen LogP contribution >= 0.6 is 11.3 Å². The van der Waals surface area contributed by atoms with Gasteiger partial charge in [0.2, 0.25) is 12.7 Å². The fourth-order valence-corrected chi connectivity index (χ4v) is 2.15. The van der Waals surface area contributed by atoms with Crippen LogP contribution in [-0.4, -0.2) is 17.7 Å². The number of carbonyl (C=O) groups is 1. The van der Waals surface area contributed by atoms with Crippen molar-refractivity contribution in [2.24, 2.45) is 0 Å². The molecule has 96 valence electrons. The third-order valence-corrected chi connectivity index (χ3v) is 3.17. The van der Waals surface area contributed by atoms with Crippen LogP contribution < -0.4 is 14.8 Å². The number of hydrogen-bond acceptors (Lipinski definition) is 5. The SMILES string of the molecule is O=C(C=Cc1ccc2c(c1)OCO2)Nc1nccs1. The van der Waals surface area contributed by atoms with Gasteiger partial charge in [-0.2, -0.15) is 0 Å². The molecule has 2 aromatic rings. The van der Waals surface area contributed by atoms with Crippen LogP contribution in [0.15, 0.2) is 35.9 Å². The average Bonchev–Trinajstić information content (AvgIpc) is 3.06. The molecule has 0 unspecified atom stereocenters. The predicted molar refractivity (Wildman–Crippen MR) is 72.3 cm³/mol. The number of benzene rings is 1. The Morgan fingerprint density at radius 2 is 2.26 bits per heavy atom. The number of thiazole rings is 1. The van der Waals surface area contributed by atoms with Crippen molar-refractivity contribution in [2.75, 3.05) is 12.1 Å². The Kier molecular flexibility index (Phi) is 3.16. The highest BCUT2D eigenvalue weighted by Gasteiger charge is 2.12. The fraction of sp³-hybridized carbons (Fsp3) is 0.0769. The Balaban J connectivity index is 1.67. The third-order valence-electron chi connectivity index (χ3n) is 2.49. The minimum absolute atomic E-state index is 0.215. The van der Waals surface area contributed by atoms with Crippen molar-refractivity contribution in [1.29, 1.82) is 0 Å². The Morgan fingerprint density at radius 1 is 1.37 bits per heavy atom. The zero-order chi connectivity index (χ0) is 13.1. The topological polar surface area (TPSA) is 60.5 Å². The van der Waals surface area contributed by atoms with Crippen LogP contribution in [0.2, 0.25) is 0 Å². The van der Waals surface area contributed by atoms with Gasteiger partial charge in [-0.1, -0.05) is 6.07 Å². The van der Waals surface area contributed by atoms with Gasteiger partial charge in [-0.25, -0.2) is 4.98 Å². The summed E-state index contributed by atoms with van der Waals surface area (Å²) in [6.07, 6.45) is 4.81. The van der Waals surface area contributed by atoms with Crippen molar-refractivity contribution in [3.8, 4) is 11.5 Å². The summed E-state index contributed by atoms with van der Waals surface area (Å²) in [5, 5.41) is 5.06. The van der Waals surface area contributed by atoms with Gasteiger partial charge in [-0.3, -0.25) is 10.1 Å². The van der Waals surface area contributed by atoms with E-state index >= 15 is 0 Å². The molecule has 3 rings (SSSR count). The molecule has 1 N–H and O–H groups in total. The van der Waals surface area contributed by atoms with E-state index in [1.54, 1.807) is 17.7 Å². The molecule has 0 atom stereocenters. The molecular weight excluding hydrogens is 264 g/mol. The van der Waals surface area contributed by atoms with Gasteiger partial charge in [0, 0.05) is 17.7 Å². The van der Waals surface area contributed by atoms with E-state index < -0.39 is 0 Å². The zero-order valence-corrected chi connectivity index (χ0v) is 10.6. The second kappa shape index (κ2) is 5.11. The Labute approximate surface area is 113 Å². The number of carbonyl (C=O) groups excluding carboxylic acids is 1. The molecule has 5 nitrogen and oxygen atoms in total. The van der Waals surface area contributed by atoms with E-state index in [9.17, 15) is 4.79 Å². The molecular formula is C13H10N2O3S. The second-order valence-corrected chi connectivity index (χ2v) is 4.67. The number of ether oxygens (including phenoxy) is 2. The summed E-state index contributed by atoms with van der Waals surface area (Å²) in [6.45, 7) is 0.243. The van der Waals surface area contributed by atoms with Crippen LogP contribution in [0.25, 0.3) is 6.08 Å². The van der Waals surface area contributed by atoms with E-state index in [4.69, 9.17) is 9.47 Å². The monoisotopic (exact) mass is 274 g/mol. The van der Waals surface area contributed by atoms with Crippen molar-refractivity contribution in [2.45, 2.75) is 0 Å². The summed E-state index contributed by atoms with van der Waals surface area (Å²) in [5.41, 5.74) is 0.874. The first-order chi connectivity index (χ1) is 9.31. The maximum atomic E-state index is 11.6. The molecule has 0 spiro atoms. The molecule has 1 aliphatic heterocycles. The lowest BCUT2D eigenvalue weighted by Gasteiger charge is -1.98. The van der Waals surface area contributed by atoms with Gasteiger partial charge in [-0.05, 0) is 23.8 Å². The van der Waals surface area contributed by atoms with E-state index in [-0.39, 0.29) is 12.7 Å². The number of aromatic nitrogens is 1. The van der Waals surface area contributed by atoms with Crippen molar-refractivity contribution < 1.29 is 14.3 Å². The summed E-state index contributed by atoms with van der Waals surface area (Å²) in [7, 11) is 0. The van der Waals surface area contributed by atoms with Crippen LogP contribution in [0, 0.1) is 0 Å². The van der Waals surface area contributed by atoms with Crippen molar-refractivity contribution in [1.82, 2.24) is 4.98 Å². The summed E-state index contributed by atoms with van der Waals surface area (Å²) < 4.78 is 10.5. The van der Waals surface area contributed by atoms with Gasteiger partial charge in [-0.15, -0.1) is 11.3 Å². The number of rotatable bonds is 3. The Morgan fingerprint density at radius 3 is 3.11 bits per heavy atom. The first kappa shape index (κ1) is 11.7. The predicted octanol–water partition coefficient (Wildman–Crippen LogP) is 2.52. The maximum Gasteiger partial charge on any atom is 0.250 e. The van der Waals surface area contributed by atoms with Gasteiger partial charge in [0.15, 0.2) is 16.6 Å². The van der Waals surface area contributed by atoms with Gasteiger partial charge >= 0.3 is 0 Å². The highest BCUT2D eigenvalue weighted by atomic mass is 32.1. The van der Waals surface area contributed by atoms with E-state index in [1.807, 2.05) is 18.2 Å². The molecule has 0 saturated heterocycles. The summed E-state index contributed by atoms with van der Waals surface area (Å²) in [6, 6.07) is 5.51. The van der Waals surface area contributed by atoms with E-state index in [1.165, 1.54) is 17.4 Å². The first-order valence-corrected chi connectivity index (χ1v) is 6.47. The van der Waals surface area contributed by atoms with E-state index in [2.05, 4.69) is 10.3 Å². The molecule has 0 radical (unpaired) electrons. The van der Waals surface area contributed by atoms with Gasteiger partial charge in [0.1, 0.15) is 0 Å². The minimum Gasteiger partial charge on any atom is -0.454 e. The number of amides is 1. The van der Waals surface area contributed by atoms with Crippen molar-refractivity contribution >= 4 is 28.5 Å². The zero-order valence-electron chi connectivity index (χ0n) is 9.83. The molecule has 0 aliphatic carbocycles. The standard InChI is InChI=1S/C13H10N2O3S/c16-12(15-13-14-5-6-19-13)4-2-9-1-3-10-11(7-9)18-8-17-10/h1-7H,8H2,(H,14,15,16). The molecule has 1 amide bonds. The minimum atomic E-state index is -0.215. The lowest BCUT2D eigenvalue weighted by atomic mass is 10.2. The van der Waals surface area contributed by atoms with Gasteiger partial charge in [0.05, 0.1) is 0 Å². The normalized spacial score (nSPS) is 12.8. The van der Waals surface area contributed by atoms with E-state index in [0.717, 1.165) is 11.3 Å². The Bertz CT molecular complexity index is 623. The first-order valence-electron chi connectivity index (χ1n) is 5.59. The average molecular weight is 274 g/mol. The number of anilines is 1. The molecule has 1 aromatic carbocycles. The lowest BCUT2D eigenvalue weighted by Crippen LogP contribution is -2.06. The molecule has 1 aliphatic rings. The fourth-order valence-electron chi connectivity index (χ4n) is 1.62. The van der Waals surface area contributed by atoms with Gasteiger partial charge < -0.3 is 9.47 Å². The Hall–Kier alpha value is -2.34. The molecule has 1 aromatic heterocycles. The molecule has 6 heteroatoms.